The molecule has 11 heteroatoms. The molecule has 2 aromatic heterocycles. The van der Waals surface area contributed by atoms with Gasteiger partial charge in [0.05, 0.1) is 16.9 Å². The predicted molar refractivity (Wildman–Crippen MR) is 98.5 cm³/mol. The molecule has 0 aromatic carbocycles. The number of anilines is 2. The number of rotatable bonds is 5. The smallest absolute Gasteiger partial charge is 0.427 e. The van der Waals surface area contributed by atoms with E-state index in [4.69, 9.17) is 0 Å². The maximum atomic E-state index is 12.8. The first-order valence-corrected chi connectivity index (χ1v) is 10.3. The number of thiazole rings is 1. The van der Waals surface area contributed by atoms with Crippen molar-refractivity contribution in [3.63, 3.8) is 0 Å². The first-order valence-electron chi connectivity index (χ1n) is 7.90. The van der Waals surface area contributed by atoms with Gasteiger partial charge in [-0.05, 0) is 32.0 Å². The Morgan fingerprint density at radius 1 is 1.42 bits per heavy atom. The molecule has 0 saturated carbocycles. The van der Waals surface area contributed by atoms with E-state index in [2.05, 4.69) is 20.2 Å². The Balaban J connectivity index is 1.95. The Kier molecular flexibility index (Phi) is 5.12. The summed E-state index contributed by atoms with van der Waals surface area (Å²) in [6.07, 6.45) is -0.638. The lowest BCUT2D eigenvalue weighted by atomic mass is 10.2. The molecule has 1 atom stereocenters. The molecule has 0 bridgehead atoms. The van der Waals surface area contributed by atoms with E-state index in [9.17, 15) is 18.3 Å². The third kappa shape index (κ3) is 3.37. The van der Waals surface area contributed by atoms with Crippen molar-refractivity contribution in [2.24, 2.45) is 0 Å². The normalized spacial score (nSPS) is 17.2. The highest BCUT2D eigenvalue weighted by Gasteiger charge is 2.34. The highest BCUT2D eigenvalue weighted by Crippen LogP contribution is 2.27. The number of hydrogen-bond acceptors (Lipinski definition) is 8. The Morgan fingerprint density at radius 2 is 2.19 bits per heavy atom. The van der Waals surface area contributed by atoms with Crippen LogP contribution in [0.3, 0.4) is 0 Å². The van der Waals surface area contributed by atoms with Crippen molar-refractivity contribution < 1.29 is 18.3 Å². The van der Waals surface area contributed by atoms with Gasteiger partial charge in [0.15, 0.2) is 10.8 Å². The van der Waals surface area contributed by atoms with E-state index in [1.807, 2.05) is 7.05 Å². The van der Waals surface area contributed by atoms with Gasteiger partial charge in [0, 0.05) is 25.0 Å². The molecule has 1 fully saturated rings. The largest absolute Gasteiger partial charge is 0.464 e. The fraction of sp³-hybridized carbons (Fsp3) is 0.400. The second-order valence-corrected chi connectivity index (χ2v) is 8.36. The summed E-state index contributed by atoms with van der Waals surface area (Å²) in [5.41, 5.74) is 2.70. The number of hydrogen-bond donors (Lipinski definition) is 2. The van der Waals surface area contributed by atoms with Crippen molar-refractivity contribution >= 4 is 39.0 Å². The SMILES string of the molecule is Cc1nc(S(=O)(=O)N(C(=O)O)c2cscn2)ccc1N(C)[C@H]1CCNC1. The van der Waals surface area contributed by atoms with E-state index >= 15 is 0 Å². The lowest BCUT2D eigenvalue weighted by Gasteiger charge is -2.27. The van der Waals surface area contributed by atoms with Crippen LogP contribution in [0.2, 0.25) is 0 Å². The van der Waals surface area contributed by atoms with E-state index in [1.54, 1.807) is 13.0 Å². The van der Waals surface area contributed by atoms with E-state index in [1.165, 1.54) is 17.0 Å². The van der Waals surface area contributed by atoms with Crippen LogP contribution in [-0.4, -0.2) is 55.8 Å². The summed E-state index contributed by atoms with van der Waals surface area (Å²) in [5.74, 6) is -0.167. The van der Waals surface area contributed by atoms with Crippen molar-refractivity contribution in [2.75, 3.05) is 29.3 Å². The van der Waals surface area contributed by atoms with Crippen molar-refractivity contribution in [2.45, 2.75) is 24.4 Å². The highest BCUT2D eigenvalue weighted by molar-refractivity contribution is 7.93. The predicted octanol–water partition coefficient (Wildman–Crippen LogP) is 1.52. The zero-order valence-corrected chi connectivity index (χ0v) is 15.9. The molecule has 9 nitrogen and oxygen atoms in total. The second-order valence-electron chi connectivity index (χ2n) is 5.91. The van der Waals surface area contributed by atoms with Crippen LogP contribution >= 0.6 is 11.3 Å². The molecule has 0 spiro atoms. The number of sulfonamides is 1. The molecule has 3 heterocycles. The van der Waals surface area contributed by atoms with Crippen molar-refractivity contribution in [3.8, 4) is 0 Å². The van der Waals surface area contributed by atoms with E-state index < -0.39 is 16.1 Å². The third-order valence-electron chi connectivity index (χ3n) is 4.30. The molecule has 140 valence electrons. The third-order valence-corrected chi connectivity index (χ3v) is 6.45. The number of aryl methyl sites for hydroxylation is 1. The van der Waals surface area contributed by atoms with Gasteiger partial charge in [-0.15, -0.1) is 15.6 Å². The lowest BCUT2D eigenvalue weighted by Crippen LogP contribution is -2.37. The number of amides is 1. The molecule has 0 aliphatic carbocycles. The van der Waals surface area contributed by atoms with Gasteiger partial charge >= 0.3 is 6.09 Å². The average Bonchev–Trinajstić information content (AvgIpc) is 3.27. The Bertz CT molecular complexity index is 895. The molecule has 1 amide bonds. The summed E-state index contributed by atoms with van der Waals surface area (Å²) >= 11 is 1.11. The minimum absolute atomic E-state index is 0.167. The van der Waals surface area contributed by atoms with Crippen molar-refractivity contribution in [1.82, 2.24) is 15.3 Å². The fourth-order valence-electron chi connectivity index (χ4n) is 2.94. The number of likely N-dealkylation sites (N-methyl/N-ethyl adjacent to an activating group) is 1. The number of carboxylic acid groups (broad SMARTS) is 1. The van der Waals surface area contributed by atoms with Crippen molar-refractivity contribution in [1.29, 1.82) is 0 Å². The number of pyridine rings is 1. The maximum Gasteiger partial charge on any atom is 0.427 e. The lowest BCUT2D eigenvalue weighted by molar-refractivity contribution is 0.206. The molecular weight excluding hydrogens is 378 g/mol. The molecule has 0 radical (unpaired) electrons. The number of carbonyl (C=O) groups is 1. The Morgan fingerprint density at radius 3 is 2.73 bits per heavy atom. The molecular formula is C15H19N5O4S2. The van der Waals surface area contributed by atoms with Crippen LogP contribution < -0.4 is 14.5 Å². The topological polar surface area (TPSA) is 116 Å². The summed E-state index contributed by atoms with van der Waals surface area (Å²) in [6, 6.07) is 3.30. The van der Waals surface area contributed by atoms with Gasteiger partial charge in [-0.25, -0.2) is 14.8 Å². The van der Waals surface area contributed by atoms with Crippen LogP contribution in [0.1, 0.15) is 12.1 Å². The highest BCUT2D eigenvalue weighted by atomic mass is 32.2. The zero-order chi connectivity index (χ0) is 18.9. The van der Waals surface area contributed by atoms with Crippen LogP contribution in [0, 0.1) is 6.92 Å². The second kappa shape index (κ2) is 7.17. The van der Waals surface area contributed by atoms with Gasteiger partial charge in [0.25, 0.3) is 10.0 Å². The van der Waals surface area contributed by atoms with E-state index in [-0.39, 0.29) is 15.1 Å². The van der Waals surface area contributed by atoms with Crippen LogP contribution in [0.25, 0.3) is 0 Å². The van der Waals surface area contributed by atoms with E-state index in [0.717, 1.165) is 36.5 Å². The minimum atomic E-state index is -4.37. The quantitative estimate of drug-likeness (QED) is 0.780. The van der Waals surface area contributed by atoms with Crippen molar-refractivity contribution in [3.05, 3.63) is 28.7 Å². The number of nitrogens with one attached hydrogen (secondary N) is 1. The van der Waals surface area contributed by atoms with Gasteiger partial charge in [-0.2, -0.15) is 8.42 Å². The fourth-order valence-corrected chi connectivity index (χ4v) is 4.75. The van der Waals surface area contributed by atoms with Crippen LogP contribution in [-0.2, 0) is 10.0 Å². The number of aromatic nitrogens is 2. The van der Waals surface area contributed by atoms with Gasteiger partial charge in [0.2, 0.25) is 0 Å². The number of nitrogens with zero attached hydrogens (tertiary/aromatic N) is 4. The zero-order valence-electron chi connectivity index (χ0n) is 14.3. The standard InChI is InChI=1S/C15H19N5O4S2/c1-10-12(19(2)11-5-6-16-7-11)3-4-14(18-10)26(23,24)20(15(21)22)13-8-25-9-17-13/h3-4,8-9,11,16H,5-7H2,1-2H3,(H,21,22)/t11-/m0/s1. The summed E-state index contributed by atoms with van der Waals surface area (Å²) < 4.78 is 25.8. The van der Waals surface area contributed by atoms with Crippen LogP contribution in [0.5, 0.6) is 0 Å². The average molecular weight is 397 g/mol. The summed E-state index contributed by atoms with van der Waals surface area (Å²) in [7, 11) is -2.43. The molecule has 26 heavy (non-hydrogen) atoms. The monoisotopic (exact) mass is 397 g/mol. The van der Waals surface area contributed by atoms with Gasteiger partial charge < -0.3 is 15.3 Å². The van der Waals surface area contributed by atoms with E-state index in [0.29, 0.717) is 11.7 Å². The summed E-state index contributed by atoms with van der Waals surface area (Å²) in [6.45, 7) is 3.50. The van der Waals surface area contributed by atoms with Crippen LogP contribution in [0.4, 0.5) is 16.3 Å². The molecule has 2 N–H and O–H groups in total. The van der Waals surface area contributed by atoms with Gasteiger partial charge in [0.1, 0.15) is 0 Å². The van der Waals surface area contributed by atoms with Gasteiger partial charge in [-0.1, -0.05) is 0 Å². The molecule has 1 aliphatic heterocycles. The van der Waals surface area contributed by atoms with Gasteiger partial charge in [-0.3, -0.25) is 0 Å². The molecule has 3 rings (SSSR count). The Labute approximate surface area is 155 Å². The molecule has 1 saturated heterocycles. The molecule has 2 aromatic rings. The maximum absolute atomic E-state index is 12.8. The molecule has 0 unspecified atom stereocenters. The first-order chi connectivity index (χ1) is 12.3. The molecule has 1 aliphatic rings. The minimum Gasteiger partial charge on any atom is -0.464 e. The van der Waals surface area contributed by atoms with Crippen LogP contribution in [0.15, 0.2) is 28.0 Å². The Hall–Kier alpha value is -2.24. The summed E-state index contributed by atoms with van der Waals surface area (Å²) in [5, 5.41) is 13.7. The summed E-state index contributed by atoms with van der Waals surface area (Å²) in [4.78, 5) is 21.5. The first kappa shape index (κ1) is 18.5.